The zero-order valence-electron chi connectivity index (χ0n) is 17.1. The molecule has 0 saturated heterocycles. The van der Waals surface area contributed by atoms with Crippen molar-refractivity contribution in [3.05, 3.63) is 75.6 Å². The van der Waals surface area contributed by atoms with Crippen molar-refractivity contribution in [2.45, 2.75) is 33.4 Å². The SMILES string of the molecule is CCCNC(=S)N(Cc1ccc(OC)cc1)Cc1cc2cccc(C)c2[nH]c1=O. The van der Waals surface area contributed by atoms with E-state index in [9.17, 15) is 4.79 Å². The Kier molecular flexibility index (Phi) is 6.88. The van der Waals surface area contributed by atoms with Gasteiger partial charge in [-0.2, -0.15) is 0 Å². The highest BCUT2D eigenvalue weighted by molar-refractivity contribution is 7.80. The maximum Gasteiger partial charge on any atom is 0.253 e. The lowest BCUT2D eigenvalue weighted by molar-refractivity contribution is 0.395. The van der Waals surface area contributed by atoms with Crippen molar-refractivity contribution in [2.75, 3.05) is 13.7 Å². The Hall–Kier alpha value is -2.86. The number of methoxy groups -OCH3 is 1. The summed E-state index contributed by atoms with van der Waals surface area (Å²) in [4.78, 5) is 17.8. The van der Waals surface area contributed by atoms with Gasteiger partial charge in [-0.15, -0.1) is 0 Å². The number of pyridine rings is 1. The average Bonchev–Trinajstić information content (AvgIpc) is 2.73. The van der Waals surface area contributed by atoms with Gasteiger partial charge in [-0.05, 0) is 60.3 Å². The molecule has 6 heteroatoms. The lowest BCUT2D eigenvalue weighted by atomic mass is 10.1. The fourth-order valence-electron chi connectivity index (χ4n) is 3.25. The molecule has 2 N–H and O–H groups in total. The number of aromatic amines is 1. The third-order valence-electron chi connectivity index (χ3n) is 4.87. The minimum absolute atomic E-state index is 0.0789. The van der Waals surface area contributed by atoms with Gasteiger partial charge >= 0.3 is 0 Å². The number of aryl methyl sites for hydroxylation is 1. The molecule has 3 aromatic rings. The smallest absolute Gasteiger partial charge is 0.253 e. The van der Waals surface area contributed by atoms with Gasteiger partial charge in [0, 0.05) is 18.7 Å². The second-order valence-electron chi connectivity index (χ2n) is 7.10. The van der Waals surface area contributed by atoms with Gasteiger partial charge in [0.2, 0.25) is 0 Å². The van der Waals surface area contributed by atoms with Gasteiger partial charge in [0.25, 0.3) is 5.56 Å². The van der Waals surface area contributed by atoms with Crippen LogP contribution in [-0.4, -0.2) is 28.7 Å². The fraction of sp³-hybridized carbons (Fsp3) is 0.304. The van der Waals surface area contributed by atoms with Gasteiger partial charge in [0.05, 0.1) is 19.2 Å². The predicted molar refractivity (Wildman–Crippen MR) is 122 cm³/mol. The molecule has 0 amide bonds. The number of H-pyrrole nitrogens is 1. The molecule has 0 aliphatic carbocycles. The number of hydrogen-bond donors (Lipinski definition) is 2. The number of thiocarbonyl (C=S) groups is 1. The van der Waals surface area contributed by atoms with Crippen LogP contribution < -0.4 is 15.6 Å². The van der Waals surface area contributed by atoms with Crippen LogP contribution in [-0.2, 0) is 13.1 Å². The molecule has 5 nitrogen and oxygen atoms in total. The van der Waals surface area contributed by atoms with Crippen LogP contribution in [0.4, 0.5) is 0 Å². The van der Waals surface area contributed by atoms with Gasteiger partial charge in [0.15, 0.2) is 5.11 Å². The molecule has 0 spiro atoms. The second kappa shape index (κ2) is 9.56. The predicted octanol–water partition coefficient (Wildman–Crippen LogP) is 4.13. The highest BCUT2D eigenvalue weighted by atomic mass is 32.1. The molecule has 1 aromatic heterocycles. The number of benzene rings is 2. The summed E-state index contributed by atoms with van der Waals surface area (Å²) in [6.45, 7) is 5.92. The molecule has 152 valence electrons. The summed E-state index contributed by atoms with van der Waals surface area (Å²) in [7, 11) is 1.65. The van der Waals surface area contributed by atoms with Gasteiger partial charge in [0.1, 0.15) is 5.75 Å². The molecule has 0 aliphatic heterocycles. The third kappa shape index (κ3) is 5.15. The Morgan fingerprint density at radius 1 is 1.17 bits per heavy atom. The molecule has 0 unspecified atom stereocenters. The number of para-hydroxylation sites is 1. The van der Waals surface area contributed by atoms with Crippen molar-refractivity contribution in [1.29, 1.82) is 0 Å². The summed E-state index contributed by atoms with van der Waals surface area (Å²) in [5.41, 5.74) is 3.65. The van der Waals surface area contributed by atoms with E-state index in [1.807, 2.05) is 60.4 Å². The Morgan fingerprint density at radius 3 is 2.62 bits per heavy atom. The normalized spacial score (nSPS) is 10.7. The van der Waals surface area contributed by atoms with E-state index in [4.69, 9.17) is 17.0 Å². The van der Waals surface area contributed by atoms with E-state index in [0.29, 0.717) is 23.8 Å². The van der Waals surface area contributed by atoms with E-state index in [1.165, 1.54) is 0 Å². The topological polar surface area (TPSA) is 57.4 Å². The van der Waals surface area contributed by atoms with Crippen molar-refractivity contribution in [1.82, 2.24) is 15.2 Å². The number of rotatable bonds is 7. The van der Waals surface area contributed by atoms with Crippen molar-refractivity contribution in [2.24, 2.45) is 0 Å². The first kappa shape index (κ1) is 20.9. The van der Waals surface area contributed by atoms with Crippen LogP contribution in [0.1, 0.15) is 30.0 Å². The molecule has 0 atom stereocenters. The van der Waals surface area contributed by atoms with Crippen LogP contribution in [0, 0.1) is 6.92 Å². The fourth-order valence-corrected chi connectivity index (χ4v) is 3.48. The number of nitrogens with zero attached hydrogens (tertiary/aromatic N) is 1. The number of ether oxygens (including phenoxy) is 1. The standard InChI is InChI=1S/C23H27N3O2S/c1-4-12-24-23(29)26(14-17-8-10-20(28-3)11-9-17)15-19-13-18-7-5-6-16(2)21(18)25-22(19)27/h5-11,13H,4,12,14-15H2,1-3H3,(H,24,29)(H,25,27). The van der Waals surface area contributed by atoms with E-state index in [1.54, 1.807) is 7.11 Å². The maximum atomic E-state index is 12.7. The number of aromatic nitrogens is 1. The van der Waals surface area contributed by atoms with Crippen LogP contribution in [0.5, 0.6) is 5.75 Å². The van der Waals surface area contributed by atoms with Crippen molar-refractivity contribution in [3.8, 4) is 5.75 Å². The molecular formula is C23H27N3O2S. The molecule has 0 saturated carbocycles. The Labute approximate surface area is 176 Å². The summed E-state index contributed by atoms with van der Waals surface area (Å²) < 4.78 is 5.24. The number of nitrogens with one attached hydrogen (secondary N) is 2. The quantitative estimate of drug-likeness (QED) is 0.575. The van der Waals surface area contributed by atoms with Crippen LogP contribution in [0.2, 0.25) is 0 Å². The summed E-state index contributed by atoms with van der Waals surface area (Å²) in [5, 5.41) is 4.95. The molecule has 0 aliphatic rings. The van der Waals surface area contributed by atoms with Crippen LogP contribution >= 0.6 is 12.2 Å². The summed E-state index contributed by atoms with van der Waals surface area (Å²) in [6.07, 6.45) is 0.979. The minimum atomic E-state index is -0.0789. The van der Waals surface area contributed by atoms with Gasteiger partial charge in [-0.1, -0.05) is 37.3 Å². The first-order valence-electron chi connectivity index (χ1n) is 9.79. The molecule has 0 radical (unpaired) electrons. The van der Waals surface area contributed by atoms with Crippen LogP contribution in [0.15, 0.2) is 53.3 Å². The molecular weight excluding hydrogens is 382 g/mol. The Bertz CT molecular complexity index is 1040. The van der Waals surface area contributed by atoms with E-state index in [-0.39, 0.29) is 5.56 Å². The van der Waals surface area contributed by atoms with Gasteiger partial charge < -0.3 is 19.9 Å². The largest absolute Gasteiger partial charge is 0.497 e. The van der Waals surface area contributed by atoms with Crippen LogP contribution in [0.3, 0.4) is 0 Å². The van der Waals surface area contributed by atoms with Crippen LogP contribution in [0.25, 0.3) is 10.9 Å². The second-order valence-corrected chi connectivity index (χ2v) is 7.49. The first-order valence-corrected chi connectivity index (χ1v) is 10.2. The summed E-state index contributed by atoms with van der Waals surface area (Å²) >= 11 is 5.63. The monoisotopic (exact) mass is 409 g/mol. The first-order chi connectivity index (χ1) is 14.0. The van der Waals surface area contributed by atoms with Gasteiger partial charge in [-0.3, -0.25) is 4.79 Å². The van der Waals surface area contributed by atoms with E-state index in [2.05, 4.69) is 17.2 Å². The molecule has 0 bridgehead atoms. The zero-order chi connectivity index (χ0) is 20.8. The lowest BCUT2D eigenvalue weighted by Crippen LogP contribution is -2.40. The molecule has 3 rings (SSSR count). The van der Waals surface area contributed by atoms with E-state index >= 15 is 0 Å². The zero-order valence-corrected chi connectivity index (χ0v) is 17.9. The highest BCUT2D eigenvalue weighted by Gasteiger charge is 2.14. The minimum Gasteiger partial charge on any atom is -0.497 e. The third-order valence-corrected chi connectivity index (χ3v) is 5.27. The van der Waals surface area contributed by atoms with Crippen molar-refractivity contribution in [3.63, 3.8) is 0 Å². The Balaban J connectivity index is 1.89. The molecule has 1 heterocycles. The number of hydrogen-bond acceptors (Lipinski definition) is 3. The summed E-state index contributed by atoms with van der Waals surface area (Å²) in [5.74, 6) is 0.813. The summed E-state index contributed by atoms with van der Waals surface area (Å²) in [6, 6.07) is 15.9. The Morgan fingerprint density at radius 2 is 1.93 bits per heavy atom. The highest BCUT2D eigenvalue weighted by Crippen LogP contribution is 2.18. The number of fused-ring (bicyclic) bond motifs is 1. The van der Waals surface area contributed by atoms with E-state index < -0.39 is 0 Å². The molecule has 0 fully saturated rings. The van der Waals surface area contributed by atoms with Crippen molar-refractivity contribution >= 4 is 28.2 Å². The maximum absolute atomic E-state index is 12.7. The average molecular weight is 410 g/mol. The lowest BCUT2D eigenvalue weighted by Gasteiger charge is -2.26. The molecule has 2 aromatic carbocycles. The molecule has 29 heavy (non-hydrogen) atoms. The van der Waals surface area contributed by atoms with Gasteiger partial charge in [-0.25, -0.2) is 0 Å². The van der Waals surface area contributed by atoms with Crippen molar-refractivity contribution < 1.29 is 4.74 Å². The van der Waals surface area contributed by atoms with E-state index in [0.717, 1.165) is 40.7 Å².